The zero-order valence-corrected chi connectivity index (χ0v) is 16.7. The number of anilines is 1. The summed E-state index contributed by atoms with van der Waals surface area (Å²) in [6.45, 7) is 6.18. The van der Waals surface area contributed by atoms with Crippen LogP contribution in [0.5, 0.6) is 11.5 Å². The molecule has 156 valence electrons. The van der Waals surface area contributed by atoms with Crippen LogP contribution in [0.25, 0.3) is 11.5 Å². The third kappa shape index (κ3) is 4.37. The second kappa shape index (κ2) is 9.03. The van der Waals surface area contributed by atoms with E-state index in [0.717, 1.165) is 0 Å². The number of carbonyl (C=O) groups excluding carboxylic acids is 1. The normalized spacial score (nSPS) is 10.5. The van der Waals surface area contributed by atoms with Crippen molar-refractivity contribution in [2.75, 3.05) is 18.5 Å². The van der Waals surface area contributed by atoms with E-state index in [1.165, 1.54) is 25.1 Å². The second-order valence-electron chi connectivity index (χ2n) is 6.10. The van der Waals surface area contributed by atoms with Gasteiger partial charge in [-0.25, -0.2) is 0 Å². The SMILES string of the molecule is CCOc1ccc(-c2nnc(NC(=O)c3cccc([N+](=O)[O-])c3C)o2)cc1OCC. The van der Waals surface area contributed by atoms with Gasteiger partial charge in [0.1, 0.15) is 0 Å². The Balaban J connectivity index is 1.82. The van der Waals surface area contributed by atoms with Gasteiger partial charge in [-0.3, -0.25) is 20.2 Å². The first-order valence-corrected chi connectivity index (χ1v) is 9.23. The minimum absolute atomic E-state index is 0.132. The lowest BCUT2D eigenvalue weighted by atomic mass is 10.1. The van der Waals surface area contributed by atoms with Crippen molar-refractivity contribution in [2.45, 2.75) is 20.8 Å². The molecule has 2 aromatic carbocycles. The van der Waals surface area contributed by atoms with Crippen LogP contribution in [0.15, 0.2) is 40.8 Å². The molecule has 1 N–H and O–H groups in total. The summed E-state index contributed by atoms with van der Waals surface area (Å²) in [5.74, 6) is 0.711. The third-order valence-electron chi connectivity index (χ3n) is 4.18. The Hall–Kier alpha value is -3.95. The smallest absolute Gasteiger partial charge is 0.322 e. The highest BCUT2D eigenvalue weighted by atomic mass is 16.6. The lowest BCUT2D eigenvalue weighted by Gasteiger charge is -2.11. The molecule has 10 heteroatoms. The number of nitro benzene ring substituents is 1. The van der Waals surface area contributed by atoms with E-state index in [1.807, 2.05) is 13.8 Å². The molecule has 1 aromatic heterocycles. The number of rotatable bonds is 8. The van der Waals surface area contributed by atoms with E-state index in [9.17, 15) is 14.9 Å². The molecular formula is C20H20N4O6. The summed E-state index contributed by atoms with van der Waals surface area (Å²) in [7, 11) is 0. The van der Waals surface area contributed by atoms with E-state index < -0.39 is 10.8 Å². The molecule has 1 amide bonds. The van der Waals surface area contributed by atoms with Gasteiger partial charge in [0.25, 0.3) is 11.6 Å². The standard InChI is InChI=1S/C20H20N4O6/c1-4-28-16-10-9-13(11-17(16)29-5-2)19-22-23-20(30-19)21-18(25)14-7-6-8-15(12(14)3)24(26)27/h6-11H,4-5H2,1-3H3,(H,21,23,25). The number of benzene rings is 2. The second-order valence-corrected chi connectivity index (χ2v) is 6.10. The van der Waals surface area contributed by atoms with Crippen LogP contribution in [-0.4, -0.2) is 34.2 Å². The van der Waals surface area contributed by atoms with Crippen LogP contribution >= 0.6 is 0 Å². The minimum Gasteiger partial charge on any atom is -0.490 e. The monoisotopic (exact) mass is 412 g/mol. The van der Waals surface area contributed by atoms with Gasteiger partial charge in [-0.15, -0.1) is 5.10 Å². The fraction of sp³-hybridized carbons (Fsp3) is 0.250. The maximum atomic E-state index is 12.5. The van der Waals surface area contributed by atoms with Gasteiger partial charge in [0.2, 0.25) is 5.89 Å². The fourth-order valence-electron chi connectivity index (χ4n) is 2.81. The Morgan fingerprint density at radius 3 is 2.57 bits per heavy atom. The molecule has 1 heterocycles. The Labute approximate surface area is 172 Å². The zero-order chi connectivity index (χ0) is 21.7. The summed E-state index contributed by atoms with van der Waals surface area (Å²) in [6.07, 6.45) is 0. The molecule has 0 aliphatic carbocycles. The number of nitrogens with one attached hydrogen (secondary N) is 1. The van der Waals surface area contributed by atoms with Crippen LogP contribution in [0, 0.1) is 17.0 Å². The highest BCUT2D eigenvalue weighted by molar-refractivity contribution is 6.04. The van der Waals surface area contributed by atoms with Crippen molar-refractivity contribution in [1.82, 2.24) is 10.2 Å². The van der Waals surface area contributed by atoms with E-state index in [-0.39, 0.29) is 28.7 Å². The van der Waals surface area contributed by atoms with E-state index >= 15 is 0 Å². The lowest BCUT2D eigenvalue weighted by Crippen LogP contribution is -2.14. The van der Waals surface area contributed by atoms with Gasteiger partial charge >= 0.3 is 6.01 Å². The number of ether oxygens (including phenoxy) is 2. The molecule has 0 unspecified atom stereocenters. The highest BCUT2D eigenvalue weighted by Crippen LogP contribution is 2.33. The Morgan fingerprint density at radius 1 is 1.13 bits per heavy atom. The molecule has 0 atom stereocenters. The molecule has 0 aliphatic heterocycles. The molecule has 3 aromatic rings. The molecule has 10 nitrogen and oxygen atoms in total. The van der Waals surface area contributed by atoms with E-state index in [4.69, 9.17) is 13.9 Å². The number of amides is 1. The summed E-state index contributed by atoms with van der Waals surface area (Å²) >= 11 is 0. The number of nitro groups is 1. The van der Waals surface area contributed by atoms with Crippen molar-refractivity contribution < 1.29 is 23.6 Å². The van der Waals surface area contributed by atoms with E-state index in [0.29, 0.717) is 30.3 Å². The van der Waals surface area contributed by atoms with E-state index in [1.54, 1.807) is 18.2 Å². The van der Waals surface area contributed by atoms with Crippen LogP contribution < -0.4 is 14.8 Å². The summed E-state index contributed by atoms with van der Waals surface area (Å²) in [5, 5.41) is 21.3. The molecule has 0 bridgehead atoms. The van der Waals surface area contributed by atoms with E-state index in [2.05, 4.69) is 15.5 Å². The van der Waals surface area contributed by atoms with Crippen LogP contribution in [-0.2, 0) is 0 Å². The lowest BCUT2D eigenvalue weighted by molar-refractivity contribution is -0.385. The average molecular weight is 412 g/mol. The highest BCUT2D eigenvalue weighted by Gasteiger charge is 2.20. The van der Waals surface area contributed by atoms with Crippen LogP contribution in [0.4, 0.5) is 11.7 Å². The summed E-state index contributed by atoms with van der Waals surface area (Å²) in [6, 6.07) is 9.30. The summed E-state index contributed by atoms with van der Waals surface area (Å²) < 4.78 is 16.6. The number of hydrogen-bond acceptors (Lipinski definition) is 8. The third-order valence-corrected chi connectivity index (χ3v) is 4.18. The summed E-state index contributed by atoms with van der Waals surface area (Å²) in [4.78, 5) is 23.0. The van der Waals surface area contributed by atoms with Gasteiger partial charge in [-0.05, 0) is 45.0 Å². The molecule has 0 radical (unpaired) electrons. The minimum atomic E-state index is -0.590. The van der Waals surface area contributed by atoms with Crippen LogP contribution in [0.2, 0.25) is 0 Å². The van der Waals surface area contributed by atoms with Crippen molar-refractivity contribution in [3.63, 3.8) is 0 Å². The first-order chi connectivity index (χ1) is 14.4. The van der Waals surface area contributed by atoms with Gasteiger partial charge in [0.15, 0.2) is 11.5 Å². The molecule has 0 fully saturated rings. The van der Waals surface area contributed by atoms with Gasteiger partial charge < -0.3 is 13.9 Å². The van der Waals surface area contributed by atoms with Gasteiger partial charge in [0, 0.05) is 22.8 Å². The molecule has 0 saturated carbocycles. The predicted molar refractivity (Wildman–Crippen MR) is 108 cm³/mol. The first kappa shape index (κ1) is 20.8. The molecular weight excluding hydrogens is 392 g/mol. The summed E-state index contributed by atoms with van der Waals surface area (Å²) in [5.41, 5.74) is 0.824. The number of carbonyl (C=O) groups is 1. The first-order valence-electron chi connectivity index (χ1n) is 9.23. The van der Waals surface area contributed by atoms with Gasteiger partial charge in [-0.2, -0.15) is 0 Å². The quantitative estimate of drug-likeness (QED) is 0.434. The maximum Gasteiger partial charge on any atom is 0.322 e. The topological polar surface area (TPSA) is 130 Å². The van der Waals surface area contributed by atoms with Crippen molar-refractivity contribution in [3.05, 3.63) is 57.6 Å². The number of aromatic nitrogens is 2. The molecule has 0 saturated heterocycles. The Morgan fingerprint density at radius 2 is 1.87 bits per heavy atom. The fourth-order valence-corrected chi connectivity index (χ4v) is 2.81. The van der Waals surface area contributed by atoms with Crippen LogP contribution in [0.3, 0.4) is 0 Å². The van der Waals surface area contributed by atoms with Crippen molar-refractivity contribution in [2.24, 2.45) is 0 Å². The molecule has 3 rings (SSSR count). The zero-order valence-electron chi connectivity index (χ0n) is 16.7. The van der Waals surface area contributed by atoms with Crippen LogP contribution in [0.1, 0.15) is 29.8 Å². The predicted octanol–water partition coefficient (Wildman–Crippen LogP) is 4.00. The average Bonchev–Trinajstić information content (AvgIpc) is 3.18. The van der Waals surface area contributed by atoms with Gasteiger partial charge in [0.05, 0.1) is 18.1 Å². The van der Waals surface area contributed by atoms with Crippen molar-refractivity contribution in [1.29, 1.82) is 0 Å². The largest absolute Gasteiger partial charge is 0.490 e. The number of hydrogen-bond donors (Lipinski definition) is 1. The van der Waals surface area contributed by atoms with Gasteiger partial charge in [-0.1, -0.05) is 11.2 Å². The Bertz CT molecular complexity index is 1080. The maximum absolute atomic E-state index is 12.5. The number of nitrogens with zero attached hydrogens (tertiary/aromatic N) is 3. The molecule has 0 spiro atoms. The van der Waals surface area contributed by atoms with Crippen molar-refractivity contribution >= 4 is 17.6 Å². The molecule has 30 heavy (non-hydrogen) atoms. The van der Waals surface area contributed by atoms with Crippen molar-refractivity contribution in [3.8, 4) is 23.0 Å². The Kier molecular flexibility index (Phi) is 6.26. The molecule has 0 aliphatic rings.